The molecule has 103 heavy (non-hydrogen) atoms. The van der Waals surface area contributed by atoms with E-state index >= 15 is 4.79 Å². The van der Waals surface area contributed by atoms with E-state index < -0.39 is 272 Å². The Hall–Kier alpha value is -3.71. The van der Waals surface area contributed by atoms with Gasteiger partial charge in [-0.25, -0.2) is 4.79 Å². The van der Waals surface area contributed by atoms with Crippen molar-refractivity contribution >= 4 is 30.2 Å². The molecule has 34 nitrogen and oxygen atoms in total. The molecule has 0 unspecified atom stereocenters. The van der Waals surface area contributed by atoms with E-state index in [1.165, 1.54) is 13.8 Å². The molecule has 586 valence electrons. The van der Waals surface area contributed by atoms with Crippen molar-refractivity contribution in [3.05, 3.63) is 11.6 Å². The van der Waals surface area contributed by atoms with Crippen LogP contribution in [0.5, 0.6) is 0 Å². The number of aldehydes is 1. The van der Waals surface area contributed by atoms with Crippen molar-refractivity contribution < 1.29 is 167 Å². The zero-order chi connectivity index (χ0) is 75.4. The highest BCUT2D eigenvalue weighted by atomic mass is 16.8. The zero-order valence-corrected chi connectivity index (χ0v) is 59.6. The van der Waals surface area contributed by atoms with Gasteiger partial charge in [0.1, 0.15) is 122 Å². The van der Waals surface area contributed by atoms with Gasteiger partial charge in [-0.15, -0.1) is 0 Å². The van der Waals surface area contributed by atoms with Crippen LogP contribution in [0.15, 0.2) is 11.6 Å². The number of ether oxygens (including phenoxy) is 15. The molecule has 38 atom stereocenters. The first-order valence-corrected chi connectivity index (χ1v) is 35.7. The van der Waals surface area contributed by atoms with Crippen LogP contribution in [0.1, 0.15) is 127 Å². The van der Waals surface area contributed by atoms with Gasteiger partial charge >= 0.3 is 23.9 Å². The Bertz CT molecular complexity index is 3070. The SMILES string of the molecule is COC(=O)[C@H]1O[C@@H](O[C@H]2CC[C@]3(C)[C@H]4CC=C5[C@@H]6CC(C)(C)CC[C@]6(C(=O)O[C@@H]6O[C@H](C)[C@H](OC(C)=O)[C@H](O[C@@H]7O[C@H](COC(C)=O)[C@@H](O)[C@H]7O)[C@H]6O[C@@H]6O[C@@H](C)[C@H](O[C@@H]7OC[C@@H](O)[C@H](O)[C@H]7O)[C@@H](O)[C@H]6O)[C@H](O)C[C@@]5(C)[C@]4(C)CC[C@H]3[C@]2(C)C=O)[C@H](O[C@@H]2O[C@H](CO)[C@H](O)[C@H](O)[C@H]2O)[C@@H](O)[C@@H]1O. The van der Waals surface area contributed by atoms with E-state index in [-0.39, 0.29) is 25.2 Å². The Labute approximate surface area is 594 Å². The summed E-state index contributed by atoms with van der Waals surface area (Å²) in [6.45, 7) is 15.6. The van der Waals surface area contributed by atoms with Crippen molar-refractivity contribution in [2.75, 3.05) is 26.9 Å². The minimum Gasteiger partial charge on any atom is -0.467 e. The Morgan fingerprint density at radius 2 is 1.14 bits per heavy atom. The van der Waals surface area contributed by atoms with Gasteiger partial charge in [-0.1, -0.05) is 53.2 Å². The van der Waals surface area contributed by atoms with Crippen molar-refractivity contribution in [3.8, 4) is 0 Å². The minimum absolute atomic E-state index is 0.0269. The van der Waals surface area contributed by atoms with Crippen LogP contribution in [0.2, 0.25) is 0 Å². The summed E-state index contributed by atoms with van der Waals surface area (Å²) in [4.78, 5) is 68.4. The molecule has 0 spiro atoms. The largest absolute Gasteiger partial charge is 0.467 e. The maximum absolute atomic E-state index is 16.2. The van der Waals surface area contributed by atoms with Crippen LogP contribution in [-0.4, -0.2) is 313 Å². The van der Waals surface area contributed by atoms with Gasteiger partial charge in [0.15, 0.2) is 49.8 Å². The second-order valence-corrected chi connectivity index (χ2v) is 32.1. The van der Waals surface area contributed by atoms with Gasteiger partial charge in [0.05, 0.1) is 50.2 Å². The molecule has 6 heterocycles. The van der Waals surface area contributed by atoms with Crippen molar-refractivity contribution in [2.24, 2.45) is 50.2 Å². The van der Waals surface area contributed by atoms with Crippen LogP contribution < -0.4 is 0 Å². The lowest BCUT2D eigenvalue weighted by atomic mass is 9.33. The van der Waals surface area contributed by atoms with Crippen molar-refractivity contribution in [2.45, 2.75) is 311 Å². The monoisotopic (exact) mass is 1480 g/mol. The molecule has 0 aromatic carbocycles. The minimum atomic E-state index is -2.09. The van der Waals surface area contributed by atoms with Gasteiger partial charge in [-0.05, 0) is 111 Å². The highest BCUT2D eigenvalue weighted by Crippen LogP contribution is 2.76. The molecular formula is C69H106O34. The Kier molecular flexibility index (Phi) is 23.6. The topological polar surface area (TPSA) is 507 Å². The first-order chi connectivity index (χ1) is 48.3. The number of allylic oxidation sites excluding steroid dienone is 2. The Morgan fingerprint density at radius 1 is 0.553 bits per heavy atom. The van der Waals surface area contributed by atoms with Crippen LogP contribution in [0.3, 0.4) is 0 Å². The maximum atomic E-state index is 16.2. The summed E-state index contributed by atoms with van der Waals surface area (Å²) >= 11 is 0. The number of hydrogen-bond donors (Lipinski definition) is 14. The molecule has 5 aliphatic carbocycles. The number of esters is 4. The molecule has 6 saturated heterocycles. The zero-order valence-electron chi connectivity index (χ0n) is 59.6. The van der Waals surface area contributed by atoms with Crippen molar-refractivity contribution in [1.29, 1.82) is 0 Å². The summed E-state index contributed by atoms with van der Waals surface area (Å²) in [5, 5.41) is 156. The lowest BCUT2D eigenvalue weighted by Gasteiger charge is -2.71. The van der Waals surface area contributed by atoms with E-state index in [1.54, 1.807) is 6.92 Å². The molecule has 10 fully saturated rings. The van der Waals surface area contributed by atoms with E-state index in [0.29, 0.717) is 38.5 Å². The summed E-state index contributed by atoms with van der Waals surface area (Å²) < 4.78 is 89.7. The number of aliphatic hydroxyl groups excluding tert-OH is 14. The molecule has 11 rings (SSSR count). The number of rotatable bonds is 18. The van der Waals surface area contributed by atoms with Gasteiger partial charge in [-0.3, -0.25) is 14.4 Å². The van der Waals surface area contributed by atoms with Crippen LogP contribution in [0.25, 0.3) is 0 Å². The third kappa shape index (κ3) is 14.1. The summed E-state index contributed by atoms with van der Waals surface area (Å²) in [6.07, 6.45) is -45.7. The molecule has 0 amide bonds. The van der Waals surface area contributed by atoms with Crippen LogP contribution in [0.4, 0.5) is 0 Å². The number of aliphatic hydroxyl groups is 14. The van der Waals surface area contributed by atoms with Crippen LogP contribution in [-0.2, 0) is 95.0 Å². The van der Waals surface area contributed by atoms with E-state index in [0.717, 1.165) is 32.8 Å². The number of methoxy groups -OCH3 is 1. The Balaban J connectivity index is 0.895. The first-order valence-electron chi connectivity index (χ1n) is 35.7. The van der Waals surface area contributed by atoms with Crippen molar-refractivity contribution in [3.63, 3.8) is 0 Å². The molecule has 34 heteroatoms. The quantitative estimate of drug-likeness (QED) is 0.0207. The molecule has 4 saturated carbocycles. The van der Waals surface area contributed by atoms with Crippen LogP contribution >= 0.6 is 0 Å². The van der Waals surface area contributed by atoms with Gasteiger partial charge in [-0.2, -0.15) is 0 Å². The fraction of sp³-hybridized carbons (Fsp3) is 0.899. The summed E-state index contributed by atoms with van der Waals surface area (Å²) in [5.74, 6) is -4.99. The highest BCUT2D eigenvalue weighted by molar-refractivity contribution is 5.80. The molecule has 0 aromatic heterocycles. The van der Waals surface area contributed by atoms with Gasteiger partial charge in [0.25, 0.3) is 0 Å². The fourth-order valence-electron chi connectivity index (χ4n) is 19.5. The van der Waals surface area contributed by atoms with E-state index in [9.17, 15) is 90.7 Å². The van der Waals surface area contributed by atoms with E-state index in [2.05, 4.69) is 40.7 Å². The molecule has 0 aromatic rings. The molecule has 0 radical (unpaired) electrons. The number of carbonyl (C=O) groups excluding carboxylic acids is 5. The molecular weight excluding hydrogens is 1370 g/mol. The number of fused-ring (bicyclic) bond motifs is 7. The smallest absolute Gasteiger partial charge is 0.337 e. The summed E-state index contributed by atoms with van der Waals surface area (Å²) in [6, 6.07) is 0. The average Bonchev–Trinajstić information content (AvgIpc) is 0.800. The van der Waals surface area contributed by atoms with Gasteiger partial charge < -0.3 is 147 Å². The normalized spacial score (nSPS) is 51.8. The van der Waals surface area contributed by atoms with Gasteiger partial charge in [0, 0.05) is 13.8 Å². The van der Waals surface area contributed by atoms with E-state index in [4.69, 9.17) is 71.1 Å². The third-order valence-electron chi connectivity index (χ3n) is 25.5. The fourth-order valence-corrected chi connectivity index (χ4v) is 19.5. The van der Waals surface area contributed by atoms with E-state index in [1.807, 2.05) is 0 Å². The molecule has 11 aliphatic rings. The maximum Gasteiger partial charge on any atom is 0.337 e. The Morgan fingerprint density at radius 3 is 1.79 bits per heavy atom. The predicted octanol–water partition coefficient (Wildman–Crippen LogP) is -3.58. The molecule has 14 N–H and O–H groups in total. The number of carbonyl (C=O) groups is 5. The summed E-state index contributed by atoms with van der Waals surface area (Å²) in [7, 11) is 1.04. The number of hydrogen-bond acceptors (Lipinski definition) is 34. The lowest BCUT2D eigenvalue weighted by Crippen LogP contribution is -2.69. The lowest BCUT2D eigenvalue weighted by molar-refractivity contribution is -0.382. The third-order valence-corrected chi connectivity index (χ3v) is 25.5. The molecule has 0 bridgehead atoms. The predicted molar refractivity (Wildman–Crippen MR) is 339 cm³/mol. The first kappa shape index (κ1) is 80.3. The highest BCUT2D eigenvalue weighted by Gasteiger charge is 2.73. The van der Waals surface area contributed by atoms with Gasteiger partial charge in [0.2, 0.25) is 6.29 Å². The molecule has 6 aliphatic heterocycles. The standard InChI is InChI=1S/C69H106O34/c1-26-50(98-57-46(83)39(76)32(74)23-91-57)45(82)49(86)58(92-26)102-55-54(101-59-47(84)41(78)34(96-59)24-90-28(3)72)51(94-29(4)73)27(2)93-62(55)103-63(88)69-19-18-64(5,6)20-31(69)30-12-13-36-65(7)16-15-38(66(8,25-71)35(65)14-17-67(36,9)68(30,10)21-37(69)75)97-61-53(44(81)43(80)52(99-61)56(87)89-11)100-60-48(85)42(79)40(77)33(22-70)95-60/h12,25-27,31-55,57-62,70,74-86H,13-24H2,1-11H3/t26-,27+,31-,32+,33+,34+,35+,36+,37+,38-,39-,40-,41+,42-,43-,44-,45-,46+,47+,48+,49+,50-,51-,52-,53+,54-,55+,57-,58-,59-,60-,61+,62-,65-,66-,67+,68+,69+/m0/s1. The summed E-state index contributed by atoms with van der Waals surface area (Å²) in [5.41, 5.74) is -4.76. The second-order valence-electron chi connectivity index (χ2n) is 32.1. The van der Waals surface area contributed by atoms with Crippen LogP contribution in [0, 0.1) is 50.2 Å². The second kappa shape index (κ2) is 30.3. The van der Waals surface area contributed by atoms with Crippen molar-refractivity contribution in [1.82, 2.24) is 0 Å². The average molecular weight is 1480 g/mol.